The summed E-state index contributed by atoms with van der Waals surface area (Å²) < 4.78 is 0. The molecular formula is C35H70N2O2. The van der Waals surface area contributed by atoms with Gasteiger partial charge in [-0.25, -0.2) is 0 Å². The first-order valence-electron chi connectivity index (χ1n) is 17.7. The number of nitrogens with one attached hydrogen (secondary N) is 2. The van der Waals surface area contributed by atoms with E-state index in [9.17, 15) is 9.59 Å². The molecule has 0 bridgehead atoms. The molecule has 2 N–H and O–H groups in total. The largest absolute Gasteiger partial charge is 0.339 e. The van der Waals surface area contributed by atoms with Crippen LogP contribution in [0.4, 0.5) is 0 Å². The number of hydrogen-bond donors (Lipinski definition) is 2. The minimum atomic E-state index is 0.0605. The highest BCUT2D eigenvalue weighted by Crippen LogP contribution is 2.14. The van der Waals surface area contributed by atoms with Crippen molar-refractivity contribution < 1.29 is 9.59 Å². The Labute approximate surface area is 245 Å². The highest BCUT2D eigenvalue weighted by atomic mass is 16.2. The van der Waals surface area contributed by atoms with Gasteiger partial charge >= 0.3 is 0 Å². The molecule has 2 amide bonds. The molecule has 0 spiro atoms. The Balaban J connectivity index is 3.27. The van der Waals surface area contributed by atoms with Crippen LogP contribution in [-0.2, 0) is 9.59 Å². The van der Waals surface area contributed by atoms with E-state index in [-0.39, 0.29) is 18.5 Å². The maximum absolute atomic E-state index is 12.0. The molecule has 0 unspecified atom stereocenters. The number of rotatable bonds is 32. The molecule has 0 rings (SSSR count). The maximum Gasteiger partial charge on any atom is 0.221 e. The van der Waals surface area contributed by atoms with Crippen LogP contribution in [0.3, 0.4) is 0 Å². The predicted octanol–water partition coefficient (Wildman–Crippen LogP) is 10.9. The summed E-state index contributed by atoms with van der Waals surface area (Å²) in [5.41, 5.74) is 0. The van der Waals surface area contributed by atoms with Crippen LogP contribution in [0.5, 0.6) is 0 Å². The Bertz CT molecular complexity index is 509. The summed E-state index contributed by atoms with van der Waals surface area (Å²) in [6.45, 7) is 4.83. The van der Waals surface area contributed by atoms with E-state index >= 15 is 0 Å². The Morgan fingerprint density at radius 3 is 0.769 bits per heavy atom. The van der Waals surface area contributed by atoms with Crippen molar-refractivity contribution in [2.45, 2.75) is 206 Å². The normalized spacial score (nSPS) is 11.1. The minimum Gasteiger partial charge on any atom is -0.339 e. The molecule has 0 aromatic heterocycles. The third kappa shape index (κ3) is 33.0. The van der Waals surface area contributed by atoms with Gasteiger partial charge in [0.05, 0.1) is 6.67 Å². The highest BCUT2D eigenvalue weighted by molar-refractivity contribution is 5.78. The predicted molar refractivity (Wildman–Crippen MR) is 171 cm³/mol. The van der Waals surface area contributed by atoms with Gasteiger partial charge in [0, 0.05) is 12.8 Å². The average Bonchev–Trinajstić information content (AvgIpc) is 2.93. The zero-order valence-electron chi connectivity index (χ0n) is 26.7. The minimum absolute atomic E-state index is 0.0605. The van der Waals surface area contributed by atoms with Crippen molar-refractivity contribution in [3.63, 3.8) is 0 Å². The number of carbonyl (C=O) groups is 2. The second-order valence-corrected chi connectivity index (χ2v) is 12.1. The van der Waals surface area contributed by atoms with Crippen LogP contribution in [0.2, 0.25) is 0 Å². The molecule has 4 nitrogen and oxygen atoms in total. The van der Waals surface area contributed by atoms with Gasteiger partial charge in [0.15, 0.2) is 0 Å². The summed E-state index contributed by atoms with van der Waals surface area (Å²) >= 11 is 0. The summed E-state index contributed by atoms with van der Waals surface area (Å²) in [4.78, 5) is 24.0. The van der Waals surface area contributed by atoms with Crippen LogP contribution >= 0.6 is 0 Å². The maximum atomic E-state index is 12.0. The SMILES string of the molecule is CCCCCCCCCCCCCCCCCC(=O)NCNC(=O)CCCCCCCCCCCCCCC. The number of hydrogen-bond acceptors (Lipinski definition) is 2. The molecule has 39 heavy (non-hydrogen) atoms. The molecule has 0 aliphatic carbocycles. The van der Waals surface area contributed by atoms with Gasteiger partial charge in [-0.15, -0.1) is 0 Å². The summed E-state index contributed by atoms with van der Waals surface area (Å²) in [7, 11) is 0. The van der Waals surface area contributed by atoms with Gasteiger partial charge < -0.3 is 10.6 Å². The van der Waals surface area contributed by atoms with Crippen LogP contribution in [0, 0.1) is 0 Å². The number of carbonyl (C=O) groups excluding carboxylic acids is 2. The van der Waals surface area contributed by atoms with E-state index in [1.165, 1.54) is 154 Å². The van der Waals surface area contributed by atoms with Crippen LogP contribution in [0.1, 0.15) is 206 Å². The summed E-state index contributed by atoms with van der Waals surface area (Å²) in [5, 5.41) is 5.68. The summed E-state index contributed by atoms with van der Waals surface area (Å²) in [5.74, 6) is 0.122. The van der Waals surface area contributed by atoms with E-state index in [0.717, 1.165) is 25.7 Å². The average molecular weight is 551 g/mol. The van der Waals surface area contributed by atoms with Crippen molar-refractivity contribution in [1.29, 1.82) is 0 Å². The first-order valence-corrected chi connectivity index (χ1v) is 17.7. The third-order valence-corrected chi connectivity index (χ3v) is 8.09. The van der Waals surface area contributed by atoms with E-state index in [0.29, 0.717) is 12.8 Å². The molecule has 0 fully saturated rings. The standard InChI is InChI=1S/C35H70N2O2/c1-3-5-7-9-11-13-15-17-18-20-22-24-26-28-30-32-35(39)37-33-36-34(38)31-29-27-25-23-21-19-16-14-12-10-8-6-4-2/h3-33H2,1-2H3,(H,36,38)(H,37,39). The van der Waals surface area contributed by atoms with Crippen molar-refractivity contribution in [2.24, 2.45) is 0 Å². The third-order valence-electron chi connectivity index (χ3n) is 8.09. The van der Waals surface area contributed by atoms with Gasteiger partial charge in [0.25, 0.3) is 0 Å². The zero-order chi connectivity index (χ0) is 28.5. The van der Waals surface area contributed by atoms with Crippen LogP contribution in [-0.4, -0.2) is 18.5 Å². The monoisotopic (exact) mass is 551 g/mol. The number of unbranched alkanes of at least 4 members (excludes halogenated alkanes) is 26. The Kier molecular flexibility index (Phi) is 32.2. The molecule has 0 heterocycles. The summed E-state index contributed by atoms with van der Waals surface area (Å²) in [6, 6.07) is 0. The molecule has 4 heteroatoms. The fourth-order valence-electron chi connectivity index (χ4n) is 5.38. The van der Waals surface area contributed by atoms with Crippen LogP contribution < -0.4 is 10.6 Å². The molecular weight excluding hydrogens is 480 g/mol. The zero-order valence-corrected chi connectivity index (χ0v) is 26.7. The van der Waals surface area contributed by atoms with Gasteiger partial charge in [0.2, 0.25) is 11.8 Å². The number of amides is 2. The van der Waals surface area contributed by atoms with Crippen molar-refractivity contribution in [3.8, 4) is 0 Å². The highest BCUT2D eigenvalue weighted by Gasteiger charge is 2.04. The van der Waals surface area contributed by atoms with Crippen molar-refractivity contribution in [1.82, 2.24) is 10.6 Å². The topological polar surface area (TPSA) is 58.2 Å². The van der Waals surface area contributed by atoms with Crippen LogP contribution in [0.25, 0.3) is 0 Å². The molecule has 232 valence electrons. The van der Waals surface area contributed by atoms with Gasteiger partial charge in [-0.2, -0.15) is 0 Å². The van der Waals surface area contributed by atoms with Crippen molar-refractivity contribution >= 4 is 11.8 Å². The van der Waals surface area contributed by atoms with E-state index in [1.54, 1.807) is 0 Å². The molecule has 0 aromatic carbocycles. The lowest BCUT2D eigenvalue weighted by molar-refractivity contribution is -0.123. The molecule has 0 saturated heterocycles. The lowest BCUT2D eigenvalue weighted by atomic mass is 10.0. The van der Waals surface area contributed by atoms with E-state index in [1.807, 2.05) is 0 Å². The first kappa shape index (κ1) is 37.9. The lowest BCUT2D eigenvalue weighted by Crippen LogP contribution is -2.37. The molecule has 0 aliphatic rings. The van der Waals surface area contributed by atoms with Gasteiger partial charge in [-0.3, -0.25) is 9.59 Å². The van der Waals surface area contributed by atoms with Crippen molar-refractivity contribution in [2.75, 3.05) is 6.67 Å². The van der Waals surface area contributed by atoms with E-state index in [4.69, 9.17) is 0 Å². The molecule has 0 radical (unpaired) electrons. The molecule has 0 atom stereocenters. The molecule has 0 saturated carbocycles. The second-order valence-electron chi connectivity index (χ2n) is 12.1. The fourth-order valence-corrected chi connectivity index (χ4v) is 5.38. The second kappa shape index (κ2) is 33.1. The van der Waals surface area contributed by atoms with Gasteiger partial charge in [-0.05, 0) is 12.8 Å². The van der Waals surface area contributed by atoms with E-state index < -0.39 is 0 Å². The Hall–Kier alpha value is -1.06. The molecule has 0 aliphatic heterocycles. The summed E-state index contributed by atoms with van der Waals surface area (Å²) in [6.07, 6.45) is 38.3. The lowest BCUT2D eigenvalue weighted by Gasteiger charge is -2.08. The van der Waals surface area contributed by atoms with E-state index in [2.05, 4.69) is 24.5 Å². The van der Waals surface area contributed by atoms with Gasteiger partial charge in [0.1, 0.15) is 0 Å². The molecule has 0 aromatic rings. The fraction of sp³-hybridized carbons (Fsp3) is 0.943. The van der Waals surface area contributed by atoms with Crippen molar-refractivity contribution in [3.05, 3.63) is 0 Å². The Morgan fingerprint density at radius 1 is 0.333 bits per heavy atom. The van der Waals surface area contributed by atoms with Gasteiger partial charge in [-0.1, -0.05) is 181 Å². The first-order chi connectivity index (χ1) is 19.2. The smallest absolute Gasteiger partial charge is 0.221 e. The van der Waals surface area contributed by atoms with Crippen LogP contribution in [0.15, 0.2) is 0 Å². The Morgan fingerprint density at radius 2 is 0.538 bits per heavy atom. The quantitative estimate of drug-likeness (QED) is 0.0646.